The van der Waals surface area contributed by atoms with Gasteiger partial charge in [0.25, 0.3) is 0 Å². The summed E-state index contributed by atoms with van der Waals surface area (Å²) >= 11 is 0. The molecule has 1 atom stereocenters. The molecule has 0 aromatic heterocycles. The van der Waals surface area contributed by atoms with Crippen LogP contribution in [0.5, 0.6) is 0 Å². The summed E-state index contributed by atoms with van der Waals surface area (Å²) in [4.78, 5) is 25.6. The molecular weight excluding hydrogens is 264 g/mol. The smallest absolute Gasteiger partial charge is 0.230 e. The third-order valence-corrected chi connectivity index (χ3v) is 4.53. The molecule has 2 aliphatic heterocycles. The first kappa shape index (κ1) is 14.3. The van der Waals surface area contributed by atoms with Crippen LogP contribution in [0.25, 0.3) is 0 Å². The highest BCUT2D eigenvalue weighted by Gasteiger charge is 2.27. The van der Waals surface area contributed by atoms with E-state index in [-0.39, 0.29) is 17.7 Å². The van der Waals surface area contributed by atoms with E-state index >= 15 is 0 Å². The molecule has 1 N–H and O–H groups in total. The lowest BCUT2D eigenvalue weighted by Crippen LogP contribution is -2.41. The number of nitrogens with zero attached hydrogens (tertiary/aromatic N) is 1. The lowest BCUT2D eigenvalue weighted by Gasteiger charge is -2.23. The Labute approximate surface area is 125 Å². The van der Waals surface area contributed by atoms with E-state index in [0.717, 1.165) is 13.0 Å². The summed E-state index contributed by atoms with van der Waals surface area (Å²) in [5.41, 5.74) is 2.57. The van der Waals surface area contributed by atoms with Crippen molar-refractivity contribution in [1.29, 1.82) is 0 Å². The molecule has 1 aromatic rings. The molecule has 4 heteroatoms. The molecule has 2 fully saturated rings. The monoisotopic (exact) mass is 286 g/mol. The highest BCUT2D eigenvalue weighted by Crippen LogP contribution is 2.22. The summed E-state index contributed by atoms with van der Waals surface area (Å²) in [6, 6.07) is 8.39. The average Bonchev–Trinajstić information content (AvgIpc) is 2.97. The number of nitrogens with one attached hydrogen (secondary N) is 1. The molecule has 0 bridgehead atoms. The van der Waals surface area contributed by atoms with Crippen LogP contribution in [0, 0.1) is 5.92 Å². The van der Waals surface area contributed by atoms with E-state index in [4.69, 9.17) is 0 Å². The second kappa shape index (κ2) is 6.39. The maximum Gasteiger partial charge on any atom is 0.230 e. The predicted molar refractivity (Wildman–Crippen MR) is 80.5 cm³/mol. The van der Waals surface area contributed by atoms with Crippen LogP contribution in [-0.4, -0.2) is 29.8 Å². The topological polar surface area (TPSA) is 49.4 Å². The van der Waals surface area contributed by atoms with E-state index in [1.165, 1.54) is 37.1 Å². The molecule has 4 nitrogen and oxygen atoms in total. The summed E-state index contributed by atoms with van der Waals surface area (Å²) < 4.78 is 0. The Morgan fingerprint density at radius 3 is 2.52 bits per heavy atom. The fourth-order valence-electron chi connectivity index (χ4n) is 3.29. The molecule has 0 spiro atoms. The number of imide groups is 1. The zero-order chi connectivity index (χ0) is 14.7. The van der Waals surface area contributed by atoms with Gasteiger partial charge in [0.15, 0.2) is 0 Å². The van der Waals surface area contributed by atoms with E-state index in [1.54, 1.807) is 0 Å². The number of amides is 2. The van der Waals surface area contributed by atoms with E-state index < -0.39 is 0 Å². The third kappa shape index (κ3) is 3.50. The number of carbonyl (C=O) groups excluding carboxylic acids is 2. The predicted octanol–water partition coefficient (Wildman–Crippen LogP) is 1.88. The Hall–Kier alpha value is -1.68. The van der Waals surface area contributed by atoms with Gasteiger partial charge in [-0.05, 0) is 49.9 Å². The minimum Gasteiger partial charge on any atom is -0.299 e. The van der Waals surface area contributed by atoms with Crippen molar-refractivity contribution in [2.45, 2.75) is 38.6 Å². The van der Waals surface area contributed by atoms with Crippen LogP contribution in [0.3, 0.4) is 0 Å². The molecule has 1 aromatic carbocycles. The fourth-order valence-corrected chi connectivity index (χ4v) is 3.29. The lowest BCUT2D eigenvalue weighted by atomic mass is 9.89. The van der Waals surface area contributed by atoms with Gasteiger partial charge in [0.05, 0.1) is 0 Å². The Bertz CT molecular complexity index is 535. The van der Waals surface area contributed by atoms with Crippen molar-refractivity contribution in [2.75, 3.05) is 13.1 Å². The number of likely N-dealkylation sites (tertiary alicyclic amines) is 1. The summed E-state index contributed by atoms with van der Waals surface area (Å²) in [6.07, 6.45) is 4.45. The van der Waals surface area contributed by atoms with Crippen molar-refractivity contribution in [3.05, 3.63) is 35.4 Å². The molecule has 21 heavy (non-hydrogen) atoms. The van der Waals surface area contributed by atoms with Crippen LogP contribution in [0.4, 0.5) is 0 Å². The van der Waals surface area contributed by atoms with E-state index in [0.29, 0.717) is 12.8 Å². The van der Waals surface area contributed by atoms with Crippen molar-refractivity contribution in [2.24, 2.45) is 5.92 Å². The van der Waals surface area contributed by atoms with Crippen LogP contribution in [-0.2, 0) is 22.6 Å². The van der Waals surface area contributed by atoms with Gasteiger partial charge in [-0.25, -0.2) is 0 Å². The average molecular weight is 286 g/mol. The molecule has 0 aliphatic carbocycles. The first-order valence-corrected chi connectivity index (χ1v) is 7.85. The van der Waals surface area contributed by atoms with Crippen molar-refractivity contribution >= 4 is 11.8 Å². The molecule has 0 radical (unpaired) electrons. The normalized spacial score (nSPS) is 23.3. The first-order valence-electron chi connectivity index (χ1n) is 7.85. The number of carbonyl (C=O) groups is 2. The maximum atomic E-state index is 11.9. The van der Waals surface area contributed by atoms with Gasteiger partial charge in [-0.15, -0.1) is 0 Å². The van der Waals surface area contributed by atoms with Crippen molar-refractivity contribution in [3.63, 3.8) is 0 Å². The van der Waals surface area contributed by atoms with E-state index in [1.807, 2.05) is 6.07 Å². The van der Waals surface area contributed by atoms with Gasteiger partial charge in [0, 0.05) is 18.9 Å². The second-order valence-electron chi connectivity index (χ2n) is 6.10. The lowest BCUT2D eigenvalue weighted by molar-refractivity contribution is -0.136. The Balaban J connectivity index is 1.69. The number of benzene rings is 1. The Morgan fingerprint density at radius 1 is 1.10 bits per heavy atom. The third-order valence-electron chi connectivity index (χ3n) is 4.53. The fraction of sp³-hybridized carbons (Fsp3) is 0.529. The Morgan fingerprint density at radius 2 is 1.81 bits per heavy atom. The molecule has 3 rings (SSSR count). The maximum absolute atomic E-state index is 11.9. The van der Waals surface area contributed by atoms with Crippen molar-refractivity contribution < 1.29 is 9.59 Å². The minimum atomic E-state index is -0.137. The number of rotatable bonds is 4. The summed E-state index contributed by atoms with van der Waals surface area (Å²) in [6.45, 7) is 3.32. The molecular formula is C17H22N2O2. The van der Waals surface area contributed by atoms with Crippen LogP contribution in [0.2, 0.25) is 0 Å². The quantitative estimate of drug-likeness (QED) is 0.860. The molecule has 2 aliphatic rings. The van der Waals surface area contributed by atoms with E-state index in [9.17, 15) is 9.59 Å². The summed E-state index contributed by atoms with van der Waals surface area (Å²) in [5, 5.41) is 2.45. The second-order valence-corrected chi connectivity index (χ2v) is 6.10. The van der Waals surface area contributed by atoms with Gasteiger partial charge < -0.3 is 0 Å². The van der Waals surface area contributed by atoms with Gasteiger partial charge >= 0.3 is 0 Å². The highest BCUT2D eigenvalue weighted by molar-refractivity contribution is 5.98. The minimum absolute atomic E-state index is 0.0672. The zero-order valence-electron chi connectivity index (χ0n) is 12.3. The molecule has 2 saturated heterocycles. The Kier molecular flexibility index (Phi) is 4.34. The van der Waals surface area contributed by atoms with Crippen molar-refractivity contribution in [1.82, 2.24) is 10.2 Å². The number of piperidine rings is 1. The standard InChI is InChI=1S/C17H22N2O2/c20-16-8-7-14(17(21)18-16)11-13-5-1-2-6-15(13)12-19-9-3-4-10-19/h1-2,5-6,14H,3-4,7-12H2,(H,18,20,21). The summed E-state index contributed by atoms with van der Waals surface area (Å²) in [5.74, 6) is -0.314. The highest BCUT2D eigenvalue weighted by atomic mass is 16.2. The van der Waals surface area contributed by atoms with E-state index in [2.05, 4.69) is 28.4 Å². The van der Waals surface area contributed by atoms with Gasteiger partial charge in [-0.2, -0.15) is 0 Å². The largest absolute Gasteiger partial charge is 0.299 e. The molecule has 2 amide bonds. The molecule has 1 unspecified atom stereocenters. The first-order chi connectivity index (χ1) is 10.2. The number of hydrogen-bond donors (Lipinski definition) is 1. The van der Waals surface area contributed by atoms with Crippen molar-refractivity contribution in [3.8, 4) is 0 Å². The van der Waals surface area contributed by atoms with Gasteiger partial charge in [-0.3, -0.25) is 19.8 Å². The van der Waals surface area contributed by atoms with Gasteiger partial charge in [-0.1, -0.05) is 24.3 Å². The zero-order valence-corrected chi connectivity index (χ0v) is 12.3. The van der Waals surface area contributed by atoms with Crippen LogP contribution in [0.15, 0.2) is 24.3 Å². The SMILES string of the molecule is O=C1CCC(Cc2ccccc2CN2CCCC2)C(=O)N1. The molecule has 112 valence electrons. The van der Waals surface area contributed by atoms with Crippen LogP contribution >= 0.6 is 0 Å². The van der Waals surface area contributed by atoms with Gasteiger partial charge in [0.1, 0.15) is 0 Å². The molecule has 0 saturated carbocycles. The van der Waals surface area contributed by atoms with Crippen LogP contribution < -0.4 is 5.32 Å². The summed E-state index contributed by atoms with van der Waals surface area (Å²) in [7, 11) is 0. The molecule has 2 heterocycles. The van der Waals surface area contributed by atoms with Crippen LogP contribution in [0.1, 0.15) is 36.8 Å². The van der Waals surface area contributed by atoms with Gasteiger partial charge in [0.2, 0.25) is 11.8 Å². The number of hydrogen-bond acceptors (Lipinski definition) is 3.